The fourth-order valence-corrected chi connectivity index (χ4v) is 3.10. The Hall–Kier alpha value is -3.93. The molecule has 6 nitrogen and oxygen atoms in total. The van der Waals surface area contributed by atoms with E-state index >= 15 is 0 Å². The van der Waals surface area contributed by atoms with Crippen LogP contribution in [0.15, 0.2) is 78.9 Å². The maximum Gasteiger partial charge on any atom is 0.404 e. The Bertz CT molecular complexity index is 1070. The van der Waals surface area contributed by atoms with Crippen molar-refractivity contribution in [3.63, 3.8) is 0 Å². The lowest BCUT2D eigenvalue weighted by Gasteiger charge is -2.09. The SMILES string of the molecule is CCOC(=O)C(c1ccc(C)cc1)=[N+](CC)c1ccc(OC)cc1.O=C([O-])c1ccccc1. The first kappa shape index (κ1) is 25.3. The van der Waals surface area contributed by atoms with Gasteiger partial charge in [-0.15, -0.1) is 0 Å². The van der Waals surface area contributed by atoms with Crippen molar-refractivity contribution in [2.45, 2.75) is 20.8 Å². The molecule has 0 spiro atoms. The van der Waals surface area contributed by atoms with Crippen LogP contribution in [-0.4, -0.2) is 42.5 Å². The Labute approximate surface area is 194 Å². The van der Waals surface area contributed by atoms with Gasteiger partial charge in [-0.2, -0.15) is 4.58 Å². The van der Waals surface area contributed by atoms with Crippen molar-refractivity contribution in [1.82, 2.24) is 0 Å². The Morgan fingerprint density at radius 3 is 1.91 bits per heavy atom. The number of hydrogen-bond acceptors (Lipinski definition) is 5. The summed E-state index contributed by atoms with van der Waals surface area (Å²) in [6.07, 6.45) is 0. The highest BCUT2D eigenvalue weighted by Gasteiger charge is 2.27. The van der Waals surface area contributed by atoms with Crippen LogP contribution in [0.4, 0.5) is 5.69 Å². The molecule has 0 bridgehead atoms. The number of rotatable bonds is 7. The highest BCUT2D eigenvalue weighted by Crippen LogP contribution is 2.20. The predicted octanol–water partition coefficient (Wildman–Crippen LogP) is 3.77. The molecule has 0 radical (unpaired) electrons. The van der Waals surface area contributed by atoms with E-state index in [4.69, 9.17) is 9.47 Å². The zero-order valence-corrected chi connectivity index (χ0v) is 19.4. The van der Waals surface area contributed by atoms with Crippen LogP contribution < -0.4 is 9.84 Å². The highest BCUT2D eigenvalue weighted by atomic mass is 16.5. The van der Waals surface area contributed by atoms with Crippen LogP contribution in [0.25, 0.3) is 0 Å². The average molecular weight is 448 g/mol. The third-order valence-corrected chi connectivity index (χ3v) is 4.77. The number of carbonyl (C=O) groups is 2. The number of ether oxygens (including phenoxy) is 2. The third kappa shape index (κ3) is 7.31. The molecule has 0 amide bonds. The number of aryl methyl sites for hydroxylation is 1. The van der Waals surface area contributed by atoms with E-state index < -0.39 is 5.97 Å². The number of carboxylic acid groups (broad SMARTS) is 1. The zero-order valence-electron chi connectivity index (χ0n) is 19.4. The van der Waals surface area contributed by atoms with Crippen LogP contribution in [0, 0.1) is 6.92 Å². The predicted molar refractivity (Wildman–Crippen MR) is 126 cm³/mol. The lowest BCUT2D eigenvalue weighted by molar-refractivity contribution is -0.435. The van der Waals surface area contributed by atoms with Crippen LogP contribution in [0.1, 0.15) is 35.3 Å². The molecule has 0 fully saturated rings. The number of hydrogen-bond donors (Lipinski definition) is 0. The summed E-state index contributed by atoms with van der Waals surface area (Å²) in [5, 5.41) is 10.1. The van der Waals surface area contributed by atoms with Gasteiger partial charge < -0.3 is 19.4 Å². The summed E-state index contributed by atoms with van der Waals surface area (Å²) in [6, 6.07) is 23.6. The lowest BCUT2D eigenvalue weighted by atomic mass is 10.1. The summed E-state index contributed by atoms with van der Waals surface area (Å²) in [6.45, 7) is 6.84. The first-order valence-corrected chi connectivity index (χ1v) is 10.7. The number of methoxy groups -OCH3 is 1. The van der Waals surface area contributed by atoms with Crippen molar-refractivity contribution < 1.29 is 28.7 Å². The molecule has 3 aromatic carbocycles. The highest BCUT2D eigenvalue weighted by molar-refractivity contribution is 6.41. The summed E-state index contributed by atoms with van der Waals surface area (Å²) in [7, 11) is 1.63. The van der Waals surface area contributed by atoms with Gasteiger partial charge in [0.2, 0.25) is 5.69 Å². The van der Waals surface area contributed by atoms with Crippen molar-refractivity contribution in [2.24, 2.45) is 0 Å². The van der Waals surface area contributed by atoms with Gasteiger partial charge in [0, 0.05) is 12.1 Å². The minimum Gasteiger partial charge on any atom is -0.545 e. The molecule has 6 heteroatoms. The Morgan fingerprint density at radius 2 is 1.45 bits per heavy atom. The molecule has 33 heavy (non-hydrogen) atoms. The quantitative estimate of drug-likeness (QED) is 0.313. The maximum atomic E-state index is 12.6. The summed E-state index contributed by atoms with van der Waals surface area (Å²) >= 11 is 0. The molecule has 3 aromatic rings. The van der Waals surface area contributed by atoms with Crippen molar-refractivity contribution in [3.05, 3.63) is 95.6 Å². The molecule has 0 saturated heterocycles. The Kier molecular flexibility index (Phi) is 9.83. The fraction of sp³-hybridized carbons (Fsp3) is 0.222. The minimum atomic E-state index is -1.13. The molecule has 0 N–H and O–H groups in total. The first-order valence-electron chi connectivity index (χ1n) is 10.7. The lowest BCUT2D eigenvalue weighted by Crippen LogP contribution is -2.28. The molecule has 0 aliphatic carbocycles. The molecule has 3 rings (SSSR count). The van der Waals surface area contributed by atoms with E-state index in [0.29, 0.717) is 18.9 Å². The number of carbonyl (C=O) groups excluding carboxylic acids is 2. The van der Waals surface area contributed by atoms with Crippen molar-refractivity contribution >= 4 is 23.3 Å². The van der Waals surface area contributed by atoms with Gasteiger partial charge in [-0.1, -0.05) is 48.0 Å². The van der Waals surface area contributed by atoms with Gasteiger partial charge in [-0.05, 0) is 50.6 Å². The van der Waals surface area contributed by atoms with E-state index in [2.05, 4.69) is 0 Å². The second kappa shape index (κ2) is 12.8. The van der Waals surface area contributed by atoms with Crippen LogP contribution in [-0.2, 0) is 9.53 Å². The van der Waals surface area contributed by atoms with E-state index in [1.165, 1.54) is 12.1 Å². The molecule has 172 valence electrons. The van der Waals surface area contributed by atoms with Gasteiger partial charge in [0.15, 0.2) is 0 Å². The van der Waals surface area contributed by atoms with Gasteiger partial charge in [0.25, 0.3) is 5.71 Å². The van der Waals surface area contributed by atoms with Gasteiger partial charge in [-0.25, -0.2) is 4.79 Å². The molecular weight excluding hydrogens is 418 g/mol. The van der Waals surface area contributed by atoms with E-state index in [-0.39, 0.29) is 11.5 Å². The molecule has 0 unspecified atom stereocenters. The van der Waals surface area contributed by atoms with Gasteiger partial charge >= 0.3 is 5.97 Å². The van der Waals surface area contributed by atoms with Crippen LogP contribution in [0.2, 0.25) is 0 Å². The van der Waals surface area contributed by atoms with Crippen molar-refractivity contribution in [3.8, 4) is 5.75 Å². The van der Waals surface area contributed by atoms with Gasteiger partial charge in [-0.3, -0.25) is 0 Å². The Balaban J connectivity index is 0.000000357. The second-order valence-corrected chi connectivity index (χ2v) is 7.03. The topological polar surface area (TPSA) is 78.7 Å². The molecule has 0 aliphatic rings. The standard InChI is InChI=1S/C20H24NO3.C7H6O2/c1-5-21(17-11-13-18(23-4)14-12-17)19(20(22)24-6-2)16-9-7-15(3)8-10-16;8-7(9)6-4-2-1-3-5-6/h7-14H,5-6H2,1-4H3;1-5H,(H,8,9)/q+1;/p-1. The molecular formula is C27H29NO5. The summed E-state index contributed by atoms with van der Waals surface area (Å²) < 4.78 is 12.5. The second-order valence-electron chi connectivity index (χ2n) is 7.03. The van der Waals surface area contributed by atoms with Crippen LogP contribution in [0.3, 0.4) is 0 Å². The van der Waals surface area contributed by atoms with E-state index in [1.807, 2.05) is 73.9 Å². The number of benzene rings is 3. The fourth-order valence-electron chi connectivity index (χ4n) is 3.10. The van der Waals surface area contributed by atoms with Crippen molar-refractivity contribution in [2.75, 3.05) is 20.3 Å². The largest absolute Gasteiger partial charge is 0.545 e. The molecule has 0 aromatic heterocycles. The molecule has 0 saturated carbocycles. The number of esters is 1. The monoisotopic (exact) mass is 447 g/mol. The zero-order chi connectivity index (χ0) is 24.2. The van der Waals surface area contributed by atoms with E-state index in [9.17, 15) is 14.7 Å². The number of nitrogens with zero attached hydrogens (tertiary/aromatic N) is 1. The van der Waals surface area contributed by atoms with Crippen LogP contribution >= 0.6 is 0 Å². The van der Waals surface area contributed by atoms with Gasteiger partial charge in [0.1, 0.15) is 12.3 Å². The third-order valence-electron chi connectivity index (χ3n) is 4.77. The average Bonchev–Trinajstić information content (AvgIpc) is 2.84. The number of aromatic carboxylic acids is 1. The van der Waals surface area contributed by atoms with Crippen molar-refractivity contribution in [1.29, 1.82) is 0 Å². The molecule has 0 aliphatic heterocycles. The number of carboxylic acids is 1. The summed E-state index contributed by atoms with van der Waals surface area (Å²) in [5.74, 6) is -0.669. The normalized spacial score (nSPS) is 10.9. The van der Waals surface area contributed by atoms with E-state index in [1.54, 1.807) is 25.3 Å². The van der Waals surface area contributed by atoms with Gasteiger partial charge in [0.05, 0.1) is 25.2 Å². The van der Waals surface area contributed by atoms with E-state index in [0.717, 1.165) is 22.6 Å². The Morgan fingerprint density at radius 1 is 0.848 bits per heavy atom. The summed E-state index contributed by atoms with van der Waals surface area (Å²) in [4.78, 5) is 22.7. The van der Waals surface area contributed by atoms with Crippen LogP contribution in [0.5, 0.6) is 5.75 Å². The molecule has 0 atom stereocenters. The minimum absolute atomic E-state index is 0.220. The maximum absolute atomic E-state index is 12.6. The first-order chi connectivity index (χ1) is 15.9. The smallest absolute Gasteiger partial charge is 0.404 e. The summed E-state index contributed by atoms with van der Waals surface area (Å²) in [5.41, 5.74) is 3.68. The molecule has 0 heterocycles.